The number of carbonyl (C=O) groups is 2. The number of benzene rings is 5. The van der Waals surface area contributed by atoms with Crippen LogP contribution in [0.5, 0.6) is 5.75 Å². The van der Waals surface area contributed by atoms with Crippen molar-refractivity contribution in [3.8, 4) is 11.8 Å². The molecule has 0 fully saturated rings. The van der Waals surface area contributed by atoms with Gasteiger partial charge < -0.3 is 31.1 Å². The number of aliphatic hydroxyl groups is 1. The lowest BCUT2D eigenvalue weighted by Crippen LogP contribution is -2.45. The summed E-state index contributed by atoms with van der Waals surface area (Å²) >= 11 is 0. The number of hydrogen-bond donors (Lipinski definition) is 4. The Balaban J connectivity index is 1.30. The SMILES string of the molecule is COc1ccc(C(c2ccccc2)N(CCCC[C@H](NC(=O)C[C@@H](N)Cc2ccc(C#N)cc2)C(=O)Nc2ccc(CO)cc2)c2ccccc2)cc1. The summed E-state index contributed by atoms with van der Waals surface area (Å²) in [7, 11) is 1.66. The molecule has 5 aromatic rings. The van der Waals surface area contributed by atoms with Gasteiger partial charge in [0.1, 0.15) is 11.8 Å². The minimum atomic E-state index is -0.793. The molecule has 2 amide bonds. The van der Waals surface area contributed by atoms with Gasteiger partial charge in [0.15, 0.2) is 0 Å². The molecule has 0 aliphatic rings. The number of anilines is 2. The van der Waals surface area contributed by atoms with Crippen LogP contribution in [0.25, 0.3) is 0 Å². The molecule has 0 spiro atoms. The van der Waals surface area contributed by atoms with Gasteiger partial charge in [-0.3, -0.25) is 9.59 Å². The molecule has 0 aliphatic heterocycles. The number of amides is 2. The number of aliphatic hydroxyl groups excluding tert-OH is 1. The molecule has 0 bridgehead atoms. The fraction of sp³-hybridized carbons (Fsp3) is 0.250. The predicted octanol–water partition coefficient (Wildman–Crippen LogP) is 6.91. The molecule has 5 rings (SSSR count). The number of carbonyl (C=O) groups excluding carboxylic acids is 2. The fourth-order valence-corrected chi connectivity index (χ4v) is 6.40. The number of nitrogens with two attached hydrogens (primary N) is 1. The molecule has 1 unspecified atom stereocenters. The van der Waals surface area contributed by atoms with E-state index in [-0.39, 0.29) is 30.9 Å². The smallest absolute Gasteiger partial charge is 0.246 e. The number of nitrogens with one attached hydrogen (secondary N) is 2. The number of methoxy groups -OCH3 is 1. The largest absolute Gasteiger partial charge is 0.497 e. The second-order valence-corrected chi connectivity index (χ2v) is 13.1. The van der Waals surface area contributed by atoms with E-state index in [1.807, 2.05) is 48.5 Å². The predicted molar refractivity (Wildman–Crippen MR) is 209 cm³/mol. The maximum absolute atomic E-state index is 13.7. The lowest BCUT2D eigenvalue weighted by Gasteiger charge is -2.35. The number of nitrogens with zero attached hydrogens (tertiary/aromatic N) is 2. The molecule has 0 saturated carbocycles. The molecule has 0 saturated heterocycles. The van der Waals surface area contributed by atoms with Crippen LogP contribution >= 0.6 is 0 Å². The summed E-state index contributed by atoms with van der Waals surface area (Å²) in [4.78, 5) is 29.4. The zero-order valence-corrected chi connectivity index (χ0v) is 30.0. The van der Waals surface area contributed by atoms with E-state index >= 15 is 0 Å². The van der Waals surface area contributed by atoms with Crippen LogP contribution in [0, 0.1) is 11.3 Å². The Morgan fingerprint density at radius 3 is 2.06 bits per heavy atom. The maximum Gasteiger partial charge on any atom is 0.246 e. The van der Waals surface area contributed by atoms with Crippen LogP contribution in [-0.4, -0.2) is 42.7 Å². The van der Waals surface area contributed by atoms with Crippen LogP contribution < -0.4 is 26.0 Å². The van der Waals surface area contributed by atoms with Gasteiger partial charge in [-0.2, -0.15) is 5.26 Å². The maximum atomic E-state index is 13.7. The first-order chi connectivity index (χ1) is 25.9. The number of rotatable bonds is 18. The van der Waals surface area contributed by atoms with Crippen molar-refractivity contribution in [2.24, 2.45) is 5.73 Å². The van der Waals surface area contributed by atoms with Gasteiger partial charge in [0, 0.05) is 30.4 Å². The molecule has 9 nitrogen and oxygen atoms in total. The third-order valence-electron chi connectivity index (χ3n) is 9.17. The van der Waals surface area contributed by atoms with E-state index in [9.17, 15) is 14.7 Å². The number of para-hydroxylation sites is 1. The van der Waals surface area contributed by atoms with Gasteiger partial charge in [0.25, 0.3) is 0 Å². The first kappa shape index (κ1) is 38.3. The quantitative estimate of drug-likeness (QED) is 0.0725. The molecule has 0 aliphatic carbocycles. The van der Waals surface area contributed by atoms with Crippen molar-refractivity contribution in [1.82, 2.24) is 5.32 Å². The van der Waals surface area contributed by atoms with E-state index in [4.69, 9.17) is 15.7 Å². The van der Waals surface area contributed by atoms with E-state index < -0.39 is 12.1 Å². The van der Waals surface area contributed by atoms with Crippen LogP contribution in [0.4, 0.5) is 11.4 Å². The fourth-order valence-electron chi connectivity index (χ4n) is 6.40. The number of ether oxygens (including phenoxy) is 1. The van der Waals surface area contributed by atoms with Crippen LogP contribution in [-0.2, 0) is 22.6 Å². The molecule has 272 valence electrons. The molecular formula is C44H47N5O4. The molecule has 5 N–H and O–H groups in total. The average molecular weight is 710 g/mol. The van der Waals surface area contributed by atoms with Gasteiger partial charge in [-0.25, -0.2) is 0 Å². The van der Waals surface area contributed by atoms with Crippen LogP contribution in [0.3, 0.4) is 0 Å². The summed E-state index contributed by atoms with van der Waals surface area (Å²) < 4.78 is 5.45. The molecule has 53 heavy (non-hydrogen) atoms. The first-order valence-corrected chi connectivity index (χ1v) is 17.9. The van der Waals surface area contributed by atoms with Crippen molar-refractivity contribution >= 4 is 23.2 Å². The Kier molecular flexibility index (Phi) is 14.2. The number of hydrogen-bond acceptors (Lipinski definition) is 7. The average Bonchev–Trinajstić information content (AvgIpc) is 3.19. The van der Waals surface area contributed by atoms with Gasteiger partial charge in [-0.05, 0) is 96.5 Å². The second-order valence-electron chi connectivity index (χ2n) is 13.1. The van der Waals surface area contributed by atoms with E-state index in [1.54, 1.807) is 43.5 Å². The summed E-state index contributed by atoms with van der Waals surface area (Å²) in [6, 6.07) is 43.7. The minimum Gasteiger partial charge on any atom is -0.497 e. The Bertz CT molecular complexity index is 1910. The summed E-state index contributed by atoms with van der Waals surface area (Å²) in [6.45, 7) is 0.592. The van der Waals surface area contributed by atoms with E-state index in [0.29, 0.717) is 37.1 Å². The zero-order valence-electron chi connectivity index (χ0n) is 30.0. The van der Waals surface area contributed by atoms with Crippen LogP contribution in [0.15, 0.2) is 133 Å². The third kappa shape index (κ3) is 11.3. The van der Waals surface area contributed by atoms with Gasteiger partial charge in [0.05, 0.1) is 31.4 Å². The molecular weight excluding hydrogens is 663 g/mol. The lowest BCUT2D eigenvalue weighted by molar-refractivity contribution is -0.126. The monoisotopic (exact) mass is 709 g/mol. The standard InChI is InChI=1S/C44H47N5O4/c1-53-40-25-21-36(22-26-40)43(35-10-4-2-5-11-35)49(39-12-6-3-7-13-39)27-9-8-14-41(44(52)47-38-23-19-34(31-50)20-24-38)48-42(51)29-37(46)28-32-15-17-33(30-45)18-16-32/h2-7,10-13,15-26,37,41,43,50H,8-9,14,27-29,31,46H2,1H3,(H,47,52)(H,48,51)/t37-,41-,43?/m0/s1. The molecule has 0 aromatic heterocycles. The van der Waals surface area contributed by atoms with Gasteiger partial charge in [0.2, 0.25) is 11.8 Å². The van der Waals surface area contributed by atoms with Crippen molar-refractivity contribution in [2.45, 2.75) is 56.8 Å². The zero-order chi connectivity index (χ0) is 37.4. The Labute approximate surface area is 312 Å². The highest BCUT2D eigenvalue weighted by Crippen LogP contribution is 2.34. The van der Waals surface area contributed by atoms with Crippen molar-refractivity contribution < 1.29 is 19.4 Å². The summed E-state index contributed by atoms with van der Waals surface area (Å²) in [5, 5.41) is 24.4. The summed E-state index contributed by atoms with van der Waals surface area (Å²) in [5.41, 5.74) is 12.5. The Morgan fingerprint density at radius 1 is 0.811 bits per heavy atom. The summed E-state index contributed by atoms with van der Waals surface area (Å²) in [6.07, 6.45) is 2.32. The van der Waals surface area contributed by atoms with Crippen molar-refractivity contribution in [3.05, 3.63) is 161 Å². The first-order valence-electron chi connectivity index (χ1n) is 17.9. The van der Waals surface area contributed by atoms with E-state index in [2.05, 4.69) is 70.1 Å². The second kappa shape index (κ2) is 19.6. The van der Waals surface area contributed by atoms with Gasteiger partial charge in [-0.15, -0.1) is 0 Å². The lowest BCUT2D eigenvalue weighted by atomic mass is 9.95. The van der Waals surface area contributed by atoms with E-state index in [0.717, 1.165) is 40.1 Å². The van der Waals surface area contributed by atoms with Crippen LogP contribution in [0.1, 0.15) is 59.5 Å². The highest BCUT2D eigenvalue weighted by atomic mass is 16.5. The van der Waals surface area contributed by atoms with E-state index in [1.165, 1.54) is 0 Å². The summed E-state index contributed by atoms with van der Waals surface area (Å²) in [5.74, 6) is 0.158. The highest BCUT2D eigenvalue weighted by molar-refractivity contribution is 5.97. The topological polar surface area (TPSA) is 141 Å². The molecule has 3 atom stereocenters. The van der Waals surface area contributed by atoms with Crippen molar-refractivity contribution in [3.63, 3.8) is 0 Å². The number of unbranched alkanes of at least 4 members (excludes halogenated alkanes) is 1. The number of nitriles is 1. The molecule has 9 heteroatoms. The molecule has 0 heterocycles. The third-order valence-corrected chi connectivity index (χ3v) is 9.17. The van der Waals surface area contributed by atoms with Gasteiger partial charge in [-0.1, -0.05) is 84.9 Å². The Morgan fingerprint density at radius 2 is 1.43 bits per heavy atom. The minimum absolute atomic E-state index is 0.0391. The van der Waals surface area contributed by atoms with Gasteiger partial charge >= 0.3 is 0 Å². The Hall–Kier alpha value is -5.95. The van der Waals surface area contributed by atoms with Crippen molar-refractivity contribution in [1.29, 1.82) is 5.26 Å². The van der Waals surface area contributed by atoms with Crippen LogP contribution in [0.2, 0.25) is 0 Å². The normalized spacial score (nSPS) is 12.5. The highest BCUT2D eigenvalue weighted by Gasteiger charge is 2.25. The molecule has 5 aromatic carbocycles. The van der Waals surface area contributed by atoms with Crippen molar-refractivity contribution in [2.75, 3.05) is 23.9 Å². The molecule has 0 radical (unpaired) electrons.